The summed E-state index contributed by atoms with van der Waals surface area (Å²) < 4.78 is 46.2. The van der Waals surface area contributed by atoms with Crippen LogP contribution < -0.4 is 9.47 Å². The maximum Gasteiger partial charge on any atom is 0.422 e. The van der Waals surface area contributed by atoms with E-state index in [1.54, 1.807) is 36.7 Å². The van der Waals surface area contributed by atoms with E-state index in [9.17, 15) is 13.2 Å². The van der Waals surface area contributed by atoms with Gasteiger partial charge in [-0.25, -0.2) is 0 Å². The van der Waals surface area contributed by atoms with Crippen molar-refractivity contribution in [2.24, 2.45) is 0 Å². The number of halogens is 3. The molecule has 0 radical (unpaired) electrons. The molecule has 1 aromatic carbocycles. The summed E-state index contributed by atoms with van der Waals surface area (Å²) in [6, 6.07) is 10.0. The largest absolute Gasteiger partial charge is 0.493 e. The van der Waals surface area contributed by atoms with Gasteiger partial charge in [-0.2, -0.15) is 13.2 Å². The average molecular weight is 297 g/mol. The van der Waals surface area contributed by atoms with E-state index in [1.807, 2.05) is 0 Å². The summed E-state index contributed by atoms with van der Waals surface area (Å²) >= 11 is 0. The van der Waals surface area contributed by atoms with Crippen LogP contribution in [0.2, 0.25) is 0 Å². The fourth-order valence-corrected chi connectivity index (χ4v) is 1.64. The number of hydrogen-bond acceptors (Lipinski definition) is 3. The predicted octanol–water partition coefficient (Wildman–Crippen LogP) is 3.64. The first kappa shape index (κ1) is 15.2. The molecule has 0 unspecified atom stereocenters. The van der Waals surface area contributed by atoms with Crippen molar-refractivity contribution in [1.82, 2.24) is 4.98 Å². The summed E-state index contributed by atoms with van der Waals surface area (Å²) in [5, 5.41) is 0. The van der Waals surface area contributed by atoms with E-state index in [-0.39, 0.29) is 5.75 Å². The van der Waals surface area contributed by atoms with Gasteiger partial charge in [-0.15, -0.1) is 0 Å². The van der Waals surface area contributed by atoms with Crippen molar-refractivity contribution >= 4 is 0 Å². The fourth-order valence-electron chi connectivity index (χ4n) is 1.64. The zero-order valence-corrected chi connectivity index (χ0v) is 11.1. The van der Waals surface area contributed by atoms with Crippen LogP contribution in [0, 0.1) is 0 Å². The second-order valence-corrected chi connectivity index (χ2v) is 4.33. The lowest BCUT2D eigenvalue weighted by Crippen LogP contribution is -2.19. The van der Waals surface area contributed by atoms with Crippen LogP contribution in [0.5, 0.6) is 11.5 Å². The molecule has 0 aliphatic carbocycles. The van der Waals surface area contributed by atoms with Crippen LogP contribution in [0.25, 0.3) is 0 Å². The lowest BCUT2D eigenvalue weighted by atomic mass is 10.1. The molecule has 6 heteroatoms. The highest BCUT2D eigenvalue weighted by Gasteiger charge is 2.28. The zero-order valence-electron chi connectivity index (χ0n) is 11.1. The minimum atomic E-state index is -4.32. The van der Waals surface area contributed by atoms with Gasteiger partial charge in [-0.3, -0.25) is 4.98 Å². The van der Waals surface area contributed by atoms with E-state index < -0.39 is 12.8 Å². The Labute approximate surface area is 120 Å². The van der Waals surface area contributed by atoms with Crippen molar-refractivity contribution in [3.63, 3.8) is 0 Å². The van der Waals surface area contributed by atoms with Crippen LogP contribution in [0.4, 0.5) is 13.2 Å². The molecule has 0 aliphatic rings. The van der Waals surface area contributed by atoms with Crippen LogP contribution in [-0.2, 0) is 6.42 Å². The lowest BCUT2D eigenvalue weighted by molar-refractivity contribution is -0.153. The van der Waals surface area contributed by atoms with Gasteiger partial charge in [-0.1, -0.05) is 12.1 Å². The molecule has 3 nitrogen and oxygen atoms in total. The quantitative estimate of drug-likeness (QED) is 0.815. The molecular formula is C15H14F3NO2. The molecule has 0 fully saturated rings. The Morgan fingerprint density at radius 1 is 0.857 bits per heavy atom. The molecule has 1 aromatic heterocycles. The molecule has 2 aromatic rings. The summed E-state index contributed by atoms with van der Waals surface area (Å²) in [5.41, 5.74) is 0.961. The van der Waals surface area contributed by atoms with Gasteiger partial charge >= 0.3 is 6.18 Å². The van der Waals surface area contributed by atoms with E-state index in [2.05, 4.69) is 9.72 Å². The second-order valence-electron chi connectivity index (χ2n) is 4.33. The van der Waals surface area contributed by atoms with Crippen LogP contribution in [-0.4, -0.2) is 24.4 Å². The van der Waals surface area contributed by atoms with Gasteiger partial charge in [0.05, 0.1) is 6.61 Å². The smallest absolute Gasteiger partial charge is 0.422 e. The minimum absolute atomic E-state index is 0.200. The number of ether oxygens (including phenoxy) is 2. The second kappa shape index (κ2) is 6.97. The van der Waals surface area contributed by atoms with Gasteiger partial charge < -0.3 is 9.47 Å². The molecule has 0 amide bonds. The first-order valence-corrected chi connectivity index (χ1v) is 6.34. The Hall–Kier alpha value is -2.24. The lowest BCUT2D eigenvalue weighted by Gasteiger charge is -2.10. The fraction of sp³-hybridized carbons (Fsp3) is 0.267. The van der Waals surface area contributed by atoms with E-state index in [1.165, 1.54) is 12.1 Å². The van der Waals surface area contributed by atoms with Gasteiger partial charge in [0.25, 0.3) is 0 Å². The molecule has 112 valence electrons. The Bertz CT molecular complexity index is 541. The molecule has 0 bridgehead atoms. The van der Waals surface area contributed by atoms with Crippen LogP contribution in [0.3, 0.4) is 0 Å². The number of benzene rings is 1. The van der Waals surface area contributed by atoms with Crippen molar-refractivity contribution < 1.29 is 22.6 Å². The highest BCUT2D eigenvalue weighted by atomic mass is 19.4. The average Bonchev–Trinajstić information content (AvgIpc) is 2.47. The monoisotopic (exact) mass is 297 g/mol. The van der Waals surface area contributed by atoms with Gasteiger partial charge in [-0.05, 0) is 29.8 Å². The van der Waals surface area contributed by atoms with Crippen LogP contribution in [0.15, 0.2) is 48.8 Å². The number of nitrogens with zero attached hydrogens (tertiary/aromatic N) is 1. The molecule has 2 rings (SSSR count). The van der Waals surface area contributed by atoms with E-state index >= 15 is 0 Å². The number of rotatable bonds is 6. The van der Waals surface area contributed by atoms with E-state index in [0.29, 0.717) is 13.0 Å². The van der Waals surface area contributed by atoms with Gasteiger partial charge in [0.15, 0.2) is 6.61 Å². The third-order valence-electron chi connectivity index (χ3n) is 2.64. The van der Waals surface area contributed by atoms with E-state index in [0.717, 1.165) is 11.3 Å². The normalized spacial score (nSPS) is 11.2. The molecule has 0 N–H and O–H groups in total. The third-order valence-corrected chi connectivity index (χ3v) is 2.64. The summed E-state index contributed by atoms with van der Waals surface area (Å²) in [6.07, 6.45) is -0.386. The molecular weight excluding hydrogens is 283 g/mol. The van der Waals surface area contributed by atoms with Crippen molar-refractivity contribution in [2.75, 3.05) is 13.2 Å². The number of aromatic nitrogens is 1. The summed E-state index contributed by atoms with van der Waals surface area (Å²) in [4.78, 5) is 3.88. The Balaban J connectivity index is 1.77. The molecule has 0 spiro atoms. The summed E-state index contributed by atoms with van der Waals surface area (Å²) in [5.74, 6) is 0.932. The number of alkyl halides is 3. The number of pyridine rings is 1. The standard InChI is InChI=1S/C15H14F3NO2/c16-15(17,18)11-21-13-3-1-12(2-4-13)7-10-20-14-5-8-19-9-6-14/h1-6,8-9H,7,10-11H2. The molecule has 0 atom stereocenters. The molecule has 0 aliphatic heterocycles. The number of hydrogen-bond donors (Lipinski definition) is 0. The Morgan fingerprint density at radius 3 is 2.10 bits per heavy atom. The third kappa shape index (κ3) is 5.72. The maximum atomic E-state index is 12.0. The van der Waals surface area contributed by atoms with Gasteiger partial charge in [0.2, 0.25) is 0 Å². The van der Waals surface area contributed by atoms with Gasteiger partial charge in [0, 0.05) is 18.8 Å². The van der Waals surface area contributed by atoms with Crippen molar-refractivity contribution in [2.45, 2.75) is 12.6 Å². The molecule has 21 heavy (non-hydrogen) atoms. The van der Waals surface area contributed by atoms with Crippen LogP contribution >= 0.6 is 0 Å². The van der Waals surface area contributed by atoms with Crippen molar-refractivity contribution in [3.8, 4) is 11.5 Å². The Kier molecular flexibility index (Phi) is 5.03. The first-order valence-electron chi connectivity index (χ1n) is 6.34. The predicted molar refractivity (Wildman–Crippen MR) is 71.4 cm³/mol. The zero-order chi connectivity index (χ0) is 15.1. The highest BCUT2D eigenvalue weighted by molar-refractivity contribution is 5.27. The highest BCUT2D eigenvalue weighted by Crippen LogP contribution is 2.19. The van der Waals surface area contributed by atoms with Gasteiger partial charge in [0.1, 0.15) is 11.5 Å². The molecule has 1 heterocycles. The van der Waals surface area contributed by atoms with Crippen molar-refractivity contribution in [3.05, 3.63) is 54.4 Å². The maximum absolute atomic E-state index is 12.0. The summed E-state index contributed by atoms with van der Waals surface area (Å²) in [6.45, 7) is -0.801. The Morgan fingerprint density at radius 2 is 1.48 bits per heavy atom. The summed E-state index contributed by atoms with van der Waals surface area (Å²) in [7, 11) is 0. The topological polar surface area (TPSA) is 31.4 Å². The molecule has 0 saturated carbocycles. The SMILES string of the molecule is FC(F)(F)COc1ccc(CCOc2ccncc2)cc1. The van der Waals surface area contributed by atoms with E-state index in [4.69, 9.17) is 4.74 Å². The molecule has 0 saturated heterocycles. The minimum Gasteiger partial charge on any atom is -0.493 e. The first-order chi connectivity index (χ1) is 10.0. The van der Waals surface area contributed by atoms with Crippen molar-refractivity contribution in [1.29, 1.82) is 0 Å². The van der Waals surface area contributed by atoms with Crippen LogP contribution in [0.1, 0.15) is 5.56 Å².